The molecule has 0 aromatic heterocycles. The Kier molecular flexibility index (Phi) is 14.8. The highest BCUT2D eigenvalue weighted by molar-refractivity contribution is 7.30. The first-order chi connectivity index (χ1) is 4.15. The Labute approximate surface area is 59.9 Å². The maximum absolute atomic E-state index is 8.70. The van der Waals surface area contributed by atoms with E-state index in [1.54, 1.807) is 0 Å². The molecule has 0 aromatic rings. The second kappa shape index (κ2) is 11.1. The summed E-state index contributed by atoms with van der Waals surface area (Å²) in [6.07, 6.45) is 1.10. The number of hydrogen-bond donors (Lipinski definition) is 3. The van der Waals surface area contributed by atoms with Crippen LogP contribution in [0.25, 0.3) is 0 Å². The lowest BCUT2D eigenvalue weighted by Gasteiger charge is -1.81. The van der Waals surface area contributed by atoms with E-state index in [1.807, 2.05) is 0 Å². The molecule has 0 aliphatic rings. The standard InChI is InChI=1S/C3H8ClN.HO3P/c1-2-3-5-4;1-4(2)3/h5H,2-3H2,1H3;(H-,1,2,3)/p+1. The Balaban J connectivity index is 0. The zero-order valence-corrected chi connectivity index (χ0v) is 6.69. The van der Waals surface area contributed by atoms with Gasteiger partial charge in [0.25, 0.3) is 0 Å². The molecule has 4 nitrogen and oxygen atoms in total. The highest BCUT2D eigenvalue weighted by Gasteiger charge is 1.93. The van der Waals surface area contributed by atoms with Gasteiger partial charge in [0.1, 0.15) is 0 Å². The van der Waals surface area contributed by atoms with Crippen molar-refractivity contribution < 1.29 is 14.4 Å². The molecule has 0 aromatic carbocycles. The van der Waals surface area contributed by atoms with Crippen molar-refractivity contribution in [3.63, 3.8) is 0 Å². The van der Waals surface area contributed by atoms with Gasteiger partial charge in [0.2, 0.25) is 0 Å². The average Bonchev–Trinajstić information content (AvgIpc) is 1.66. The maximum Gasteiger partial charge on any atom is 0.692 e. The van der Waals surface area contributed by atoms with E-state index in [2.05, 4.69) is 11.8 Å². The molecule has 0 rings (SSSR count). The van der Waals surface area contributed by atoms with Crippen LogP contribution in [0.5, 0.6) is 0 Å². The van der Waals surface area contributed by atoms with Crippen LogP contribution in [0.2, 0.25) is 0 Å². The summed E-state index contributed by atoms with van der Waals surface area (Å²) >= 11 is 5.05. The predicted molar refractivity (Wildman–Crippen MR) is 36.2 cm³/mol. The normalized spacial score (nSPS) is 7.56. The second-order valence-corrected chi connectivity index (χ2v) is 1.91. The van der Waals surface area contributed by atoms with Gasteiger partial charge in [0.15, 0.2) is 0 Å². The molecule has 0 unspecified atom stereocenters. The summed E-state index contributed by atoms with van der Waals surface area (Å²) in [6, 6.07) is 0. The highest BCUT2D eigenvalue weighted by atomic mass is 35.5. The molecular formula is C3H10ClNO3P+. The van der Waals surface area contributed by atoms with Gasteiger partial charge < -0.3 is 0 Å². The quantitative estimate of drug-likeness (QED) is 0.427. The summed E-state index contributed by atoms with van der Waals surface area (Å²) in [5.74, 6) is 0. The molecule has 0 fully saturated rings. The summed E-state index contributed by atoms with van der Waals surface area (Å²) in [5.41, 5.74) is 0. The van der Waals surface area contributed by atoms with E-state index >= 15 is 0 Å². The van der Waals surface area contributed by atoms with Crippen LogP contribution < -0.4 is 4.84 Å². The zero-order chi connectivity index (χ0) is 7.70. The first-order valence-electron chi connectivity index (χ1n) is 2.33. The monoisotopic (exact) mass is 174 g/mol. The topological polar surface area (TPSA) is 69.6 Å². The lowest BCUT2D eigenvalue weighted by Crippen LogP contribution is -1.96. The lowest BCUT2D eigenvalue weighted by molar-refractivity contribution is 0.405. The molecule has 0 saturated carbocycles. The van der Waals surface area contributed by atoms with Gasteiger partial charge in [-0.05, 0) is 18.2 Å². The smallest absolute Gasteiger partial charge is 0.234 e. The van der Waals surface area contributed by atoms with Crippen LogP contribution in [0.15, 0.2) is 0 Å². The van der Waals surface area contributed by atoms with Crippen molar-refractivity contribution in [2.24, 2.45) is 0 Å². The molecule has 0 saturated heterocycles. The molecular weight excluding hydrogens is 164 g/mol. The molecule has 0 heterocycles. The molecule has 0 radical (unpaired) electrons. The molecule has 0 amide bonds. The van der Waals surface area contributed by atoms with Crippen molar-refractivity contribution in [3.8, 4) is 0 Å². The predicted octanol–water partition coefficient (Wildman–Crippen LogP) is 0.768. The minimum absolute atomic E-state index is 0.904. The first kappa shape index (κ1) is 12.0. The average molecular weight is 175 g/mol. The molecule has 56 valence electrons. The second-order valence-electron chi connectivity index (χ2n) is 1.14. The molecule has 3 N–H and O–H groups in total. The van der Waals surface area contributed by atoms with Gasteiger partial charge >= 0.3 is 8.25 Å². The van der Waals surface area contributed by atoms with Crippen LogP contribution in [0.3, 0.4) is 0 Å². The van der Waals surface area contributed by atoms with Gasteiger partial charge in [-0.1, -0.05) is 6.92 Å². The fourth-order valence-corrected chi connectivity index (χ4v) is 0.283. The van der Waals surface area contributed by atoms with Crippen molar-refractivity contribution in [1.29, 1.82) is 0 Å². The van der Waals surface area contributed by atoms with Crippen molar-refractivity contribution in [2.75, 3.05) is 6.54 Å². The summed E-state index contributed by atoms with van der Waals surface area (Å²) in [5, 5.41) is 0. The summed E-state index contributed by atoms with van der Waals surface area (Å²) < 4.78 is 8.70. The molecule has 0 aliphatic carbocycles. The third kappa shape index (κ3) is 63.1. The van der Waals surface area contributed by atoms with E-state index in [4.69, 9.17) is 26.1 Å². The Bertz CT molecular complexity index is 66.1. The summed E-state index contributed by atoms with van der Waals surface area (Å²) in [7, 11) is -2.87. The van der Waals surface area contributed by atoms with Crippen molar-refractivity contribution in [1.82, 2.24) is 4.84 Å². The van der Waals surface area contributed by atoms with Crippen LogP contribution in [-0.2, 0) is 4.57 Å². The van der Waals surface area contributed by atoms with Crippen LogP contribution >= 0.6 is 20.0 Å². The number of nitrogens with one attached hydrogen (secondary N) is 1. The van der Waals surface area contributed by atoms with Gasteiger partial charge in [0, 0.05) is 11.1 Å². The minimum atomic E-state index is -2.87. The number of hydrogen-bond acceptors (Lipinski definition) is 2. The number of rotatable bonds is 2. The fourth-order valence-electron chi connectivity index (χ4n) is 0.0945. The van der Waals surface area contributed by atoms with Crippen LogP contribution in [-0.4, -0.2) is 16.3 Å². The molecule has 0 spiro atoms. The van der Waals surface area contributed by atoms with Crippen LogP contribution in [0, 0.1) is 0 Å². The van der Waals surface area contributed by atoms with E-state index in [0.717, 1.165) is 13.0 Å². The van der Waals surface area contributed by atoms with Gasteiger partial charge in [0.05, 0.1) is 0 Å². The van der Waals surface area contributed by atoms with Crippen molar-refractivity contribution >= 4 is 20.0 Å². The zero-order valence-electron chi connectivity index (χ0n) is 5.04. The maximum atomic E-state index is 8.70. The molecule has 9 heavy (non-hydrogen) atoms. The van der Waals surface area contributed by atoms with Crippen LogP contribution in [0.4, 0.5) is 0 Å². The summed E-state index contributed by atoms with van der Waals surface area (Å²) in [4.78, 5) is 16.7. The molecule has 0 aliphatic heterocycles. The fraction of sp³-hybridized carbons (Fsp3) is 1.00. The summed E-state index contributed by atoms with van der Waals surface area (Å²) in [6.45, 7) is 2.97. The Morgan fingerprint density at radius 3 is 2.00 bits per heavy atom. The van der Waals surface area contributed by atoms with Gasteiger partial charge in [-0.25, -0.2) is 4.84 Å². The van der Waals surface area contributed by atoms with Crippen molar-refractivity contribution in [2.45, 2.75) is 13.3 Å². The van der Waals surface area contributed by atoms with Gasteiger partial charge in [-0.2, -0.15) is 0 Å². The lowest BCUT2D eigenvalue weighted by atomic mass is 10.5. The highest BCUT2D eigenvalue weighted by Crippen LogP contribution is 1.98. The van der Waals surface area contributed by atoms with E-state index in [0.29, 0.717) is 0 Å². The molecule has 0 atom stereocenters. The third-order valence-electron chi connectivity index (χ3n) is 0.344. The SMILES string of the molecule is CCCNCl.O=[P+](O)O. The first-order valence-corrected chi connectivity index (χ1v) is 3.88. The third-order valence-corrected chi connectivity index (χ3v) is 0.533. The van der Waals surface area contributed by atoms with E-state index in [9.17, 15) is 0 Å². The number of halogens is 1. The van der Waals surface area contributed by atoms with Gasteiger partial charge in [-0.3, -0.25) is 0 Å². The Morgan fingerprint density at radius 2 is 2.00 bits per heavy atom. The van der Waals surface area contributed by atoms with E-state index < -0.39 is 8.25 Å². The van der Waals surface area contributed by atoms with E-state index in [1.165, 1.54) is 0 Å². The molecule has 6 heteroatoms. The van der Waals surface area contributed by atoms with E-state index in [-0.39, 0.29) is 0 Å². The minimum Gasteiger partial charge on any atom is -0.234 e. The van der Waals surface area contributed by atoms with Crippen molar-refractivity contribution in [3.05, 3.63) is 0 Å². The Hall–Kier alpha value is 0.270. The Morgan fingerprint density at radius 1 is 1.67 bits per heavy atom. The van der Waals surface area contributed by atoms with Gasteiger partial charge in [-0.15, -0.1) is 9.79 Å². The largest absolute Gasteiger partial charge is 0.692 e. The molecule has 0 bridgehead atoms. The van der Waals surface area contributed by atoms with Crippen LogP contribution in [0.1, 0.15) is 13.3 Å².